The Kier molecular flexibility index (Phi) is 6.05. The molecule has 0 saturated heterocycles. The molecule has 1 aromatic rings. The Balaban J connectivity index is 2.32. The van der Waals surface area contributed by atoms with Gasteiger partial charge in [-0.05, 0) is 24.6 Å². The van der Waals surface area contributed by atoms with E-state index < -0.39 is 0 Å². The number of carbonyl (C=O) groups is 1. The molecule has 0 fully saturated rings. The van der Waals surface area contributed by atoms with Crippen molar-refractivity contribution in [2.75, 3.05) is 18.1 Å². The van der Waals surface area contributed by atoms with Crippen LogP contribution in [-0.2, 0) is 4.74 Å². The number of carbonyl (C=O) groups excluding carboxylic acids is 1. The topological polar surface area (TPSA) is 78.3 Å². The van der Waals surface area contributed by atoms with E-state index in [1.165, 1.54) is 19.3 Å². The van der Waals surface area contributed by atoms with Gasteiger partial charge in [0, 0.05) is 11.4 Å². The molecule has 0 atom stereocenters. The van der Waals surface area contributed by atoms with Crippen LogP contribution >= 0.6 is 0 Å². The highest BCUT2D eigenvalue weighted by Gasteiger charge is 2.08. The molecule has 0 aliphatic carbocycles. The summed E-state index contributed by atoms with van der Waals surface area (Å²) in [6.07, 6.45) is 5.64. The van der Waals surface area contributed by atoms with Crippen molar-refractivity contribution in [2.24, 2.45) is 0 Å². The fourth-order valence-electron chi connectivity index (χ4n) is 1.75. The number of nitrogen functional groups attached to an aromatic ring is 2. The second kappa shape index (κ2) is 7.58. The molecule has 4 heteroatoms. The van der Waals surface area contributed by atoms with Crippen LogP contribution in [0.1, 0.15) is 49.4 Å². The molecule has 4 N–H and O–H groups in total. The molecule has 1 aromatic carbocycles. The highest BCUT2D eigenvalue weighted by molar-refractivity contribution is 5.91. The lowest BCUT2D eigenvalue weighted by Gasteiger charge is -2.06. The van der Waals surface area contributed by atoms with Gasteiger partial charge in [0.05, 0.1) is 12.2 Å². The van der Waals surface area contributed by atoms with E-state index in [-0.39, 0.29) is 5.97 Å². The van der Waals surface area contributed by atoms with Crippen LogP contribution in [0.5, 0.6) is 0 Å². The average Bonchev–Trinajstić information content (AvgIpc) is 2.32. The number of ether oxygens (including phenoxy) is 1. The SMILES string of the molecule is CCCCCCCOC(=O)c1cc(N)cc(N)c1. The highest BCUT2D eigenvalue weighted by atomic mass is 16.5. The van der Waals surface area contributed by atoms with Gasteiger partial charge in [0.25, 0.3) is 0 Å². The van der Waals surface area contributed by atoms with Gasteiger partial charge < -0.3 is 16.2 Å². The van der Waals surface area contributed by atoms with Crippen LogP contribution in [0.15, 0.2) is 18.2 Å². The van der Waals surface area contributed by atoms with Crippen molar-refractivity contribution in [3.05, 3.63) is 23.8 Å². The summed E-state index contributed by atoms with van der Waals surface area (Å²) >= 11 is 0. The highest BCUT2D eigenvalue weighted by Crippen LogP contribution is 2.14. The number of hydrogen-bond donors (Lipinski definition) is 2. The van der Waals surface area contributed by atoms with Gasteiger partial charge in [0.1, 0.15) is 0 Å². The van der Waals surface area contributed by atoms with E-state index in [1.807, 2.05) is 0 Å². The molecule has 4 nitrogen and oxygen atoms in total. The number of nitrogens with two attached hydrogens (primary N) is 2. The van der Waals surface area contributed by atoms with Crippen LogP contribution < -0.4 is 11.5 Å². The normalized spacial score (nSPS) is 10.3. The summed E-state index contributed by atoms with van der Waals surface area (Å²) in [5.41, 5.74) is 12.6. The van der Waals surface area contributed by atoms with Crippen molar-refractivity contribution in [3.8, 4) is 0 Å². The lowest BCUT2D eigenvalue weighted by atomic mass is 10.1. The molecule has 0 unspecified atom stereocenters. The minimum absolute atomic E-state index is 0.357. The molecule has 0 spiro atoms. The Hall–Kier alpha value is -1.71. The van der Waals surface area contributed by atoms with Crippen molar-refractivity contribution in [3.63, 3.8) is 0 Å². The molecule has 0 bridgehead atoms. The number of unbranched alkanes of at least 4 members (excludes halogenated alkanes) is 4. The minimum atomic E-state index is -0.357. The van der Waals surface area contributed by atoms with E-state index in [1.54, 1.807) is 18.2 Å². The van der Waals surface area contributed by atoms with E-state index in [2.05, 4.69) is 6.92 Å². The number of benzene rings is 1. The number of rotatable bonds is 7. The molecule has 18 heavy (non-hydrogen) atoms. The maximum Gasteiger partial charge on any atom is 0.338 e. The van der Waals surface area contributed by atoms with Crippen molar-refractivity contribution in [2.45, 2.75) is 39.0 Å². The zero-order valence-electron chi connectivity index (χ0n) is 10.9. The van der Waals surface area contributed by atoms with Crippen LogP contribution in [0, 0.1) is 0 Å². The predicted molar refractivity (Wildman–Crippen MR) is 74.3 cm³/mol. The van der Waals surface area contributed by atoms with Crippen molar-refractivity contribution >= 4 is 17.3 Å². The second-order valence-corrected chi connectivity index (χ2v) is 4.44. The maximum atomic E-state index is 11.7. The summed E-state index contributed by atoms with van der Waals surface area (Å²) in [4.78, 5) is 11.7. The van der Waals surface area contributed by atoms with Crippen LogP contribution in [0.2, 0.25) is 0 Å². The second-order valence-electron chi connectivity index (χ2n) is 4.44. The van der Waals surface area contributed by atoms with Crippen molar-refractivity contribution < 1.29 is 9.53 Å². The Morgan fingerprint density at radius 1 is 1.06 bits per heavy atom. The zero-order valence-corrected chi connectivity index (χ0v) is 10.9. The van der Waals surface area contributed by atoms with E-state index in [0.717, 1.165) is 12.8 Å². The Morgan fingerprint density at radius 3 is 2.28 bits per heavy atom. The Bertz CT molecular complexity index is 371. The third kappa shape index (κ3) is 5.08. The Labute approximate surface area is 108 Å². The first kappa shape index (κ1) is 14.4. The summed E-state index contributed by atoms with van der Waals surface area (Å²) in [6, 6.07) is 4.77. The van der Waals surface area contributed by atoms with E-state index in [0.29, 0.717) is 23.5 Å². The summed E-state index contributed by atoms with van der Waals surface area (Å²) < 4.78 is 5.17. The van der Waals surface area contributed by atoms with Crippen molar-refractivity contribution in [1.29, 1.82) is 0 Å². The number of hydrogen-bond acceptors (Lipinski definition) is 4. The molecule has 0 amide bonds. The summed E-state index contributed by atoms with van der Waals surface area (Å²) in [6.45, 7) is 2.63. The van der Waals surface area contributed by atoms with Gasteiger partial charge in [-0.1, -0.05) is 32.6 Å². The molecule has 100 valence electrons. The van der Waals surface area contributed by atoms with E-state index in [9.17, 15) is 4.79 Å². The monoisotopic (exact) mass is 250 g/mol. The van der Waals surface area contributed by atoms with E-state index in [4.69, 9.17) is 16.2 Å². The minimum Gasteiger partial charge on any atom is -0.462 e. The molecule has 0 aliphatic heterocycles. The number of esters is 1. The fraction of sp³-hybridized carbons (Fsp3) is 0.500. The lowest BCUT2D eigenvalue weighted by molar-refractivity contribution is 0.0498. The average molecular weight is 250 g/mol. The third-order valence-electron chi connectivity index (χ3n) is 2.69. The van der Waals surface area contributed by atoms with Gasteiger partial charge >= 0.3 is 5.97 Å². The third-order valence-corrected chi connectivity index (χ3v) is 2.69. The molecule has 0 saturated carbocycles. The zero-order chi connectivity index (χ0) is 13.4. The molecule has 1 rings (SSSR count). The first-order valence-electron chi connectivity index (χ1n) is 6.46. The molecule has 0 aliphatic rings. The lowest BCUT2D eigenvalue weighted by Crippen LogP contribution is -2.07. The van der Waals surface area contributed by atoms with Crippen LogP contribution in [0.4, 0.5) is 11.4 Å². The van der Waals surface area contributed by atoms with Gasteiger partial charge in [-0.2, -0.15) is 0 Å². The molecular formula is C14H22N2O2. The maximum absolute atomic E-state index is 11.7. The molecule has 0 heterocycles. The summed E-state index contributed by atoms with van der Waals surface area (Å²) in [5.74, 6) is -0.357. The molecule has 0 aromatic heterocycles. The van der Waals surface area contributed by atoms with Gasteiger partial charge in [-0.3, -0.25) is 0 Å². The first-order chi connectivity index (χ1) is 8.63. The van der Waals surface area contributed by atoms with Crippen LogP contribution in [-0.4, -0.2) is 12.6 Å². The first-order valence-corrected chi connectivity index (χ1v) is 6.46. The van der Waals surface area contributed by atoms with Gasteiger partial charge in [0.15, 0.2) is 0 Å². The Morgan fingerprint density at radius 2 is 1.67 bits per heavy atom. The largest absolute Gasteiger partial charge is 0.462 e. The standard InChI is InChI=1S/C14H22N2O2/c1-2-3-4-5-6-7-18-14(17)11-8-12(15)10-13(16)9-11/h8-10H,2-7,15-16H2,1H3. The van der Waals surface area contributed by atoms with Crippen LogP contribution in [0.3, 0.4) is 0 Å². The summed E-state index contributed by atoms with van der Waals surface area (Å²) in [5, 5.41) is 0. The van der Waals surface area contributed by atoms with Gasteiger partial charge in [-0.25, -0.2) is 4.79 Å². The summed E-state index contributed by atoms with van der Waals surface area (Å²) in [7, 11) is 0. The number of anilines is 2. The predicted octanol–water partition coefficient (Wildman–Crippen LogP) is 2.98. The van der Waals surface area contributed by atoms with Gasteiger partial charge in [-0.15, -0.1) is 0 Å². The fourth-order valence-corrected chi connectivity index (χ4v) is 1.75. The van der Waals surface area contributed by atoms with Gasteiger partial charge in [0.2, 0.25) is 0 Å². The molecule has 0 radical (unpaired) electrons. The quantitative estimate of drug-likeness (QED) is 0.443. The molecular weight excluding hydrogens is 228 g/mol. The van der Waals surface area contributed by atoms with Crippen molar-refractivity contribution in [1.82, 2.24) is 0 Å². The smallest absolute Gasteiger partial charge is 0.338 e. The van der Waals surface area contributed by atoms with E-state index >= 15 is 0 Å². The van der Waals surface area contributed by atoms with Crippen LogP contribution in [0.25, 0.3) is 0 Å².